The van der Waals surface area contributed by atoms with Crippen molar-refractivity contribution in [2.24, 2.45) is 17.8 Å². The van der Waals surface area contributed by atoms with E-state index in [0.717, 1.165) is 75.7 Å². The molecular weight excluding hydrogens is 548 g/mol. The van der Waals surface area contributed by atoms with Crippen molar-refractivity contribution in [1.82, 2.24) is 4.72 Å². The first kappa shape index (κ1) is 27.9. The summed E-state index contributed by atoms with van der Waals surface area (Å²) in [5.41, 5.74) is 3.39. The van der Waals surface area contributed by atoms with Gasteiger partial charge >= 0.3 is 0 Å². The maximum Gasteiger partial charge on any atom is 0.264 e. The Morgan fingerprint density at radius 2 is 1.77 bits per heavy atom. The lowest BCUT2D eigenvalue weighted by Crippen LogP contribution is -2.47. The summed E-state index contributed by atoms with van der Waals surface area (Å²) in [7, 11) is -3.79. The van der Waals surface area contributed by atoms with Crippen LogP contribution in [0.15, 0.2) is 36.4 Å². The number of carbonyl (C=O) groups excluding carboxylic acids is 1. The first-order chi connectivity index (χ1) is 19.3. The van der Waals surface area contributed by atoms with Gasteiger partial charge in [0.15, 0.2) is 0 Å². The zero-order chi connectivity index (χ0) is 27.9. The molecule has 2 fully saturated rings. The average molecular weight is 587 g/mol. The minimum atomic E-state index is -3.79. The van der Waals surface area contributed by atoms with Gasteiger partial charge in [0, 0.05) is 23.7 Å². The second kappa shape index (κ2) is 11.5. The van der Waals surface area contributed by atoms with Crippen LogP contribution in [0.25, 0.3) is 0 Å². The quantitative estimate of drug-likeness (QED) is 0.425. The number of aliphatic hydroxyl groups is 1. The Labute approximate surface area is 242 Å². The van der Waals surface area contributed by atoms with E-state index in [4.69, 9.17) is 16.3 Å². The van der Waals surface area contributed by atoms with Crippen LogP contribution in [-0.2, 0) is 23.1 Å². The van der Waals surface area contributed by atoms with Gasteiger partial charge in [-0.05, 0) is 117 Å². The molecule has 2 aliphatic heterocycles. The Kier molecular flexibility index (Phi) is 8.03. The third-order valence-corrected chi connectivity index (χ3v) is 11.8. The van der Waals surface area contributed by atoms with Crippen LogP contribution in [0, 0.1) is 17.8 Å². The molecule has 0 unspecified atom stereocenters. The van der Waals surface area contributed by atoms with Crippen molar-refractivity contribution in [2.75, 3.05) is 18.0 Å². The van der Waals surface area contributed by atoms with E-state index >= 15 is 0 Å². The first-order valence-electron chi connectivity index (χ1n) is 14.8. The lowest BCUT2D eigenvalue weighted by molar-refractivity contribution is 0.00826. The fraction of sp³-hybridized carbons (Fsp3) is 0.581. The number of sulfonamides is 1. The molecule has 1 amide bonds. The Morgan fingerprint density at radius 1 is 0.925 bits per heavy atom. The third-order valence-electron chi connectivity index (χ3n) is 9.72. The summed E-state index contributed by atoms with van der Waals surface area (Å²) < 4.78 is 35.1. The molecule has 0 saturated heterocycles. The summed E-state index contributed by atoms with van der Waals surface area (Å²) in [5, 5.41) is 11.3. The van der Waals surface area contributed by atoms with Crippen molar-refractivity contribution in [2.45, 2.75) is 82.2 Å². The van der Waals surface area contributed by atoms with Crippen LogP contribution in [-0.4, -0.2) is 43.9 Å². The second-order valence-corrected chi connectivity index (χ2v) is 14.5. The number of halogens is 1. The van der Waals surface area contributed by atoms with Crippen LogP contribution in [0.3, 0.4) is 0 Å². The molecular formula is C31H39ClN2O5S. The minimum absolute atomic E-state index is 0.0386. The molecule has 7 nitrogen and oxygen atoms in total. The van der Waals surface area contributed by atoms with Crippen LogP contribution in [0.1, 0.15) is 79.3 Å². The fourth-order valence-electron chi connectivity index (χ4n) is 7.03. The van der Waals surface area contributed by atoms with Crippen LogP contribution in [0.4, 0.5) is 5.69 Å². The number of carbonyl (C=O) groups is 1. The van der Waals surface area contributed by atoms with Gasteiger partial charge in [-0.15, -0.1) is 0 Å². The monoisotopic (exact) mass is 586 g/mol. The Hall–Kier alpha value is -2.29. The summed E-state index contributed by atoms with van der Waals surface area (Å²) in [5.74, 6) is 0.725. The Bertz CT molecular complexity index is 1370. The highest BCUT2D eigenvalue weighted by Gasteiger charge is 2.42. The van der Waals surface area contributed by atoms with Crippen molar-refractivity contribution >= 4 is 33.2 Å². The number of ether oxygens (including phenoxy) is 1. The number of nitrogens with one attached hydrogen (secondary N) is 1. The molecule has 0 radical (unpaired) electrons. The van der Waals surface area contributed by atoms with Gasteiger partial charge < -0.3 is 14.7 Å². The standard InChI is InChI=1S/C31H39ClN2O5S/c32-25-11-7-24-19-39-29-13-9-22-17-27(29)34(15-2-1-4-21(24)16-25)18-23-8-12-26(23)28(35)6-3-5-20-10-14-30(20)40(37,38)33-31(22)36/h7,9,11,13,16-17,20,23,26,28,30,35H,1-6,8,10,12,14-15,18-19H2,(H,33,36)/t20-,23-,26+,28-,30-/m0/s1. The summed E-state index contributed by atoms with van der Waals surface area (Å²) in [6, 6.07) is 11.1. The lowest BCUT2D eigenvalue weighted by atomic mass is 9.69. The molecule has 5 atom stereocenters. The highest BCUT2D eigenvalue weighted by molar-refractivity contribution is 7.90. The number of fused-ring (bicyclic) bond motifs is 4. The molecule has 2 aromatic rings. The number of hydrogen-bond acceptors (Lipinski definition) is 6. The van der Waals surface area contributed by atoms with Gasteiger partial charge in [-0.3, -0.25) is 4.79 Å². The topological polar surface area (TPSA) is 95.9 Å². The highest BCUT2D eigenvalue weighted by Crippen LogP contribution is 2.43. The molecule has 4 aliphatic rings. The Morgan fingerprint density at radius 3 is 2.55 bits per heavy atom. The molecule has 40 heavy (non-hydrogen) atoms. The molecule has 6 rings (SSSR count). The lowest BCUT2D eigenvalue weighted by Gasteiger charge is -2.43. The zero-order valence-electron chi connectivity index (χ0n) is 22.9. The molecule has 2 N–H and O–H groups in total. The number of aliphatic hydroxyl groups excluding tert-OH is 1. The van der Waals surface area contributed by atoms with Gasteiger partial charge in [-0.1, -0.05) is 24.1 Å². The molecule has 2 bridgehead atoms. The summed E-state index contributed by atoms with van der Waals surface area (Å²) in [4.78, 5) is 15.6. The number of nitrogens with zero attached hydrogens (tertiary/aromatic N) is 1. The summed E-state index contributed by atoms with van der Waals surface area (Å²) in [6.07, 6.45) is 8.24. The molecule has 216 valence electrons. The smallest absolute Gasteiger partial charge is 0.264 e. The average Bonchev–Trinajstić information content (AvgIpc) is 2.90. The number of rotatable bonds is 0. The van der Waals surface area contributed by atoms with Crippen molar-refractivity contribution < 1.29 is 23.1 Å². The second-order valence-electron chi connectivity index (χ2n) is 12.1. The first-order valence-corrected chi connectivity index (χ1v) is 16.7. The summed E-state index contributed by atoms with van der Waals surface area (Å²) in [6.45, 7) is 1.92. The molecule has 2 aliphatic carbocycles. The van der Waals surface area contributed by atoms with Gasteiger partial charge in [0.1, 0.15) is 12.4 Å². The van der Waals surface area contributed by atoms with Crippen molar-refractivity contribution in [3.8, 4) is 5.75 Å². The molecule has 2 aromatic carbocycles. The molecule has 0 spiro atoms. The number of amides is 1. The van der Waals surface area contributed by atoms with Crippen LogP contribution in [0.2, 0.25) is 5.02 Å². The molecule has 2 saturated carbocycles. The van der Waals surface area contributed by atoms with Crippen LogP contribution in [0.5, 0.6) is 5.75 Å². The predicted octanol–water partition coefficient (Wildman–Crippen LogP) is 5.47. The SMILES string of the molecule is O=C1NS(=O)(=O)[C@H]2CC[C@@H]2CCC[C@H](O)[C@@H]2CC[C@H]2CN2CCCCc3cc(Cl)ccc3COc3ccc1cc32. The maximum absolute atomic E-state index is 13.3. The third kappa shape index (κ3) is 5.72. The fourth-order valence-corrected chi connectivity index (χ4v) is 8.98. The van der Waals surface area contributed by atoms with E-state index in [1.54, 1.807) is 18.2 Å². The Balaban J connectivity index is 1.36. The van der Waals surface area contributed by atoms with E-state index in [0.29, 0.717) is 41.7 Å². The van der Waals surface area contributed by atoms with Gasteiger partial charge in [-0.2, -0.15) is 0 Å². The number of benzene rings is 2. The van der Waals surface area contributed by atoms with Crippen molar-refractivity contribution in [3.05, 3.63) is 58.1 Å². The van der Waals surface area contributed by atoms with Gasteiger partial charge in [0.2, 0.25) is 10.0 Å². The van der Waals surface area contributed by atoms with E-state index in [9.17, 15) is 18.3 Å². The van der Waals surface area contributed by atoms with E-state index in [2.05, 4.69) is 9.62 Å². The van der Waals surface area contributed by atoms with Gasteiger partial charge in [-0.25, -0.2) is 13.1 Å². The molecule has 9 heteroatoms. The normalized spacial score (nSPS) is 30.5. The summed E-state index contributed by atoms with van der Waals surface area (Å²) >= 11 is 6.30. The van der Waals surface area contributed by atoms with E-state index in [1.807, 2.05) is 18.2 Å². The number of aryl methyl sites for hydroxylation is 1. The maximum atomic E-state index is 13.3. The highest BCUT2D eigenvalue weighted by atomic mass is 35.5. The van der Waals surface area contributed by atoms with Gasteiger partial charge in [0.05, 0.1) is 17.0 Å². The van der Waals surface area contributed by atoms with E-state index in [1.165, 1.54) is 5.56 Å². The van der Waals surface area contributed by atoms with Crippen molar-refractivity contribution in [1.29, 1.82) is 0 Å². The van der Waals surface area contributed by atoms with Crippen LogP contribution < -0.4 is 14.4 Å². The van der Waals surface area contributed by atoms with Gasteiger partial charge in [0.25, 0.3) is 5.91 Å². The minimum Gasteiger partial charge on any atom is -0.487 e. The zero-order valence-corrected chi connectivity index (χ0v) is 24.4. The molecule has 0 aromatic heterocycles. The van der Waals surface area contributed by atoms with E-state index in [-0.39, 0.29) is 17.9 Å². The number of anilines is 1. The van der Waals surface area contributed by atoms with E-state index < -0.39 is 21.2 Å². The number of hydrogen-bond donors (Lipinski definition) is 2. The van der Waals surface area contributed by atoms with Crippen molar-refractivity contribution in [3.63, 3.8) is 0 Å². The largest absolute Gasteiger partial charge is 0.487 e. The molecule has 2 heterocycles. The predicted molar refractivity (Wildman–Crippen MR) is 156 cm³/mol. The van der Waals surface area contributed by atoms with Crippen LogP contribution >= 0.6 is 11.6 Å².